The van der Waals surface area contributed by atoms with Crippen molar-refractivity contribution in [1.29, 1.82) is 0 Å². The third-order valence-corrected chi connectivity index (χ3v) is 7.51. The summed E-state index contributed by atoms with van der Waals surface area (Å²) in [6.45, 7) is 5.66. The number of benzene rings is 1. The van der Waals surface area contributed by atoms with Gasteiger partial charge in [-0.15, -0.1) is 0 Å². The highest BCUT2D eigenvalue weighted by Crippen LogP contribution is 2.45. The Morgan fingerprint density at radius 1 is 0.977 bits per heavy atom. The standard InChI is InChI=1S/C17H19N7O.C13H13F3N2/c1-25-17-11(12(10-4-5-10)18-9-21-17)14-22-15-13(19-8-20-15)16(23-14)24-6-2-3-7-24;1-9(2)18-8-11(13(14,15)16)17-12(18)10-6-4-3-5-7-10/h8-10H,2-7H2,1H3,(H,19,20,22,23);3-9H,1-2H3. The summed E-state index contributed by atoms with van der Waals surface area (Å²) in [4.78, 5) is 31.9. The van der Waals surface area contributed by atoms with E-state index in [4.69, 9.17) is 9.72 Å². The molecule has 7 rings (SSSR count). The van der Waals surface area contributed by atoms with E-state index in [9.17, 15) is 13.2 Å². The molecule has 1 aliphatic carbocycles. The van der Waals surface area contributed by atoms with Gasteiger partial charge in [0.25, 0.3) is 0 Å². The highest BCUT2D eigenvalue weighted by atomic mass is 19.4. The lowest BCUT2D eigenvalue weighted by Crippen LogP contribution is -2.20. The quantitative estimate of drug-likeness (QED) is 0.240. The van der Waals surface area contributed by atoms with Gasteiger partial charge in [0.1, 0.15) is 23.2 Å². The molecule has 2 fully saturated rings. The van der Waals surface area contributed by atoms with Crippen molar-refractivity contribution in [2.75, 3.05) is 25.1 Å². The summed E-state index contributed by atoms with van der Waals surface area (Å²) in [5, 5.41) is 0. The van der Waals surface area contributed by atoms with Gasteiger partial charge in [0, 0.05) is 36.8 Å². The first-order valence-corrected chi connectivity index (χ1v) is 14.3. The number of hydrogen-bond acceptors (Lipinski definition) is 8. The lowest BCUT2D eigenvalue weighted by molar-refractivity contribution is -0.140. The second-order valence-corrected chi connectivity index (χ2v) is 10.9. The van der Waals surface area contributed by atoms with Crippen LogP contribution < -0.4 is 9.64 Å². The number of anilines is 1. The van der Waals surface area contributed by atoms with Crippen LogP contribution in [0.2, 0.25) is 0 Å². The maximum atomic E-state index is 12.7. The molecule has 10 nitrogen and oxygen atoms in total. The normalized spacial score (nSPS) is 15.2. The van der Waals surface area contributed by atoms with Crippen molar-refractivity contribution in [2.24, 2.45) is 0 Å². The molecule has 0 spiro atoms. The Balaban J connectivity index is 0.000000163. The minimum atomic E-state index is -4.41. The summed E-state index contributed by atoms with van der Waals surface area (Å²) < 4.78 is 45.1. The molecule has 5 heterocycles. The first kappa shape index (κ1) is 28.6. The molecule has 43 heavy (non-hydrogen) atoms. The molecular formula is C30H32F3N9O. The second kappa shape index (κ2) is 11.6. The van der Waals surface area contributed by atoms with Crippen molar-refractivity contribution in [3.63, 3.8) is 0 Å². The molecule has 0 amide bonds. The van der Waals surface area contributed by atoms with Crippen molar-refractivity contribution in [2.45, 2.75) is 57.7 Å². The van der Waals surface area contributed by atoms with Crippen molar-refractivity contribution in [3.05, 3.63) is 60.6 Å². The molecule has 1 N–H and O–H groups in total. The molecule has 1 saturated carbocycles. The number of rotatable bonds is 6. The van der Waals surface area contributed by atoms with Gasteiger partial charge in [-0.3, -0.25) is 0 Å². The summed E-state index contributed by atoms with van der Waals surface area (Å²) in [7, 11) is 1.62. The van der Waals surface area contributed by atoms with E-state index in [1.165, 1.54) is 17.4 Å². The highest BCUT2D eigenvalue weighted by molar-refractivity contribution is 5.86. The van der Waals surface area contributed by atoms with E-state index in [1.807, 2.05) is 19.9 Å². The molecule has 2 aliphatic rings. The Kier molecular flexibility index (Phi) is 7.72. The number of alkyl halides is 3. The zero-order chi connectivity index (χ0) is 30.1. The number of methoxy groups -OCH3 is 1. The van der Waals surface area contributed by atoms with Gasteiger partial charge in [0.05, 0.1) is 19.1 Å². The minimum absolute atomic E-state index is 0.0798. The predicted molar refractivity (Wildman–Crippen MR) is 156 cm³/mol. The van der Waals surface area contributed by atoms with Crippen molar-refractivity contribution >= 4 is 17.0 Å². The van der Waals surface area contributed by atoms with Gasteiger partial charge < -0.3 is 19.2 Å². The van der Waals surface area contributed by atoms with E-state index < -0.39 is 11.9 Å². The van der Waals surface area contributed by atoms with E-state index in [2.05, 4.69) is 34.8 Å². The number of H-pyrrole nitrogens is 1. The molecule has 1 aromatic carbocycles. The van der Waals surface area contributed by atoms with Gasteiger partial charge in [-0.1, -0.05) is 30.3 Å². The van der Waals surface area contributed by atoms with Crippen LogP contribution in [0.25, 0.3) is 33.9 Å². The lowest BCUT2D eigenvalue weighted by Gasteiger charge is -2.18. The van der Waals surface area contributed by atoms with E-state index in [-0.39, 0.29) is 6.04 Å². The Bertz CT molecular complexity index is 1710. The Morgan fingerprint density at radius 2 is 1.72 bits per heavy atom. The summed E-state index contributed by atoms with van der Waals surface area (Å²) >= 11 is 0. The number of halogens is 3. The minimum Gasteiger partial charge on any atom is -0.480 e. The van der Waals surface area contributed by atoms with E-state index in [1.54, 1.807) is 44.0 Å². The van der Waals surface area contributed by atoms with Gasteiger partial charge in [-0.2, -0.15) is 13.2 Å². The first-order chi connectivity index (χ1) is 20.7. The molecular weight excluding hydrogens is 559 g/mol. The first-order valence-electron chi connectivity index (χ1n) is 14.3. The maximum absolute atomic E-state index is 12.7. The average molecular weight is 592 g/mol. The Labute approximate surface area is 246 Å². The van der Waals surface area contributed by atoms with Crippen molar-refractivity contribution < 1.29 is 17.9 Å². The van der Waals surface area contributed by atoms with Crippen LogP contribution in [0.1, 0.15) is 62.9 Å². The topological polar surface area (TPSA) is 111 Å². The summed E-state index contributed by atoms with van der Waals surface area (Å²) in [5.41, 5.74) is 3.16. The Hall–Kier alpha value is -4.55. The smallest absolute Gasteiger partial charge is 0.434 e. The van der Waals surface area contributed by atoms with Crippen LogP contribution >= 0.6 is 0 Å². The molecule has 4 aromatic heterocycles. The lowest BCUT2D eigenvalue weighted by atomic mass is 10.1. The number of hydrogen-bond donors (Lipinski definition) is 1. The number of aromatic amines is 1. The van der Waals surface area contributed by atoms with Gasteiger partial charge in [0.2, 0.25) is 5.88 Å². The molecule has 5 aromatic rings. The van der Waals surface area contributed by atoms with Gasteiger partial charge in [-0.25, -0.2) is 29.9 Å². The van der Waals surface area contributed by atoms with Crippen LogP contribution in [-0.2, 0) is 6.18 Å². The molecule has 0 bridgehead atoms. The fraction of sp³-hybridized carbons (Fsp3) is 0.400. The van der Waals surface area contributed by atoms with Crippen molar-refractivity contribution in [3.8, 4) is 28.7 Å². The molecule has 1 saturated heterocycles. The van der Waals surface area contributed by atoms with Crippen LogP contribution in [-0.4, -0.2) is 59.7 Å². The fourth-order valence-corrected chi connectivity index (χ4v) is 5.23. The molecule has 13 heteroatoms. The summed E-state index contributed by atoms with van der Waals surface area (Å²) in [5.74, 6) is 2.82. The van der Waals surface area contributed by atoms with Crippen molar-refractivity contribution in [1.82, 2.24) is 39.5 Å². The van der Waals surface area contributed by atoms with E-state index in [0.717, 1.165) is 54.7 Å². The van der Waals surface area contributed by atoms with E-state index >= 15 is 0 Å². The summed E-state index contributed by atoms with van der Waals surface area (Å²) in [6.07, 6.45) is 4.51. The number of ether oxygens (including phenoxy) is 1. The third-order valence-electron chi connectivity index (χ3n) is 7.51. The number of nitrogens with one attached hydrogen (secondary N) is 1. The van der Waals surface area contributed by atoms with Crippen LogP contribution in [0.4, 0.5) is 19.0 Å². The van der Waals surface area contributed by atoms with E-state index in [0.29, 0.717) is 34.7 Å². The third kappa shape index (κ3) is 5.88. The van der Waals surface area contributed by atoms with Gasteiger partial charge in [-0.05, 0) is 39.5 Å². The number of nitrogens with zero attached hydrogens (tertiary/aromatic N) is 8. The maximum Gasteiger partial charge on any atom is 0.434 e. The van der Waals surface area contributed by atoms with Gasteiger partial charge in [0.15, 0.2) is 23.0 Å². The average Bonchev–Trinajstić information content (AvgIpc) is 3.37. The molecule has 224 valence electrons. The second-order valence-electron chi connectivity index (χ2n) is 10.9. The molecule has 0 radical (unpaired) electrons. The predicted octanol–water partition coefficient (Wildman–Crippen LogP) is 6.45. The fourth-order valence-electron chi connectivity index (χ4n) is 5.23. The monoisotopic (exact) mass is 591 g/mol. The molecule has 0 unspecified atom stereocenters. The zero-order valence-electron chi connectivity index (χ0n) is 24.1. The molecule has 0 atom stereocenters. The number of imidazole rings is 2. The zero-order valence-corrected chi connectivity index (χ0v) is 24.1. The van der Waals surface area contributed by atoms with Crippen LogP contribution in [0.15, 0.2) is 49.2 Å². The number of fused-ring (bicyclic) bond motifs is 1. The van der Waals surface area contributed by atoms with Crippen LogP contribution in [0.5, 0.6) is 5.88 Å². The van der Waals surface area contributed by atoms with Crippen LogP contribution in [0.3, 0.4) is 0 Å². The largest absolute Gasteiger partial charge is 0.480 e. The number of aromatic nitrogens is 8. The summed E-state index contributed by atoms with van der Waals surface area (Å²) in [6, 6.07) is 8.80. The Morgan fingerprint density at radius 3 is 2.37 bits per heavy atom. The molecule has 1 aliphatic heterocycles. The van der Waals surface area contributed by atoms with Gasteiger partial charge >= 0.3 is 6.18 Å². The van der Waals surface area contributed by atoms with Crippen LogP contribution in [0, 0.1) is 0 Å². The SMILES string of the molecule is CC(C)n1cc(C(F)(F)F)nc1-c1ccccc1.COc1ncnc(C2CC2)c1-c1nc(N2CCCC2)c2[nH]cnc2n1. The highest BCUT2D eigenvalue weighted by Gasteiger charge is 2.35.